The van der Waals surface area contributed by atoms with Crippen LogP contribution in [0.5, 0.6) is 0 Å². The van der Waals surface area contributed by atoms with E-state index in [1.54, 1.807) is 12.1 Å². The van der Waals surface area contributed by atoms with Gasteiger partial charge in [0.25, 0.3) is 0 Å². The third kappa shape index (κ3) is 4.06. The van der Waals surface area contributed by atoms with Crippen LogP contribution in [0.3, 0.4) is 0 Å². The van der Waals surface area contributed by atoms with E-state index in [1.165, 1.54) is 6.07 Å². The molecule has 112 valence electrons. The lowest BCUT2D eigenvalue weighted by molar-refractivity contribution is 0.581. The molecule has 0 bridgehead atoms. The summed E-state index contributed by atoms with van der Waals surface area (Å²) in [5.74, 6) is 0. The summed E-state index contributed by atoms with van der Waals surface area (Å²) in [7, 11) is -3.51. The van der Waals surface area contributed by atoms with E-state index in [0.717, 1.165) is 17.5 Å². The van der Waals surface area contributed by atoms with E-state index in [0.29, 0.717) is 18.7 Å². The first-order valence-electron chi connectivity index (χ1n) is 6.95. The topological polar surface area (TPSA) is 72.2 Å². The van der Waals surface area contributed by atoms with Crippen molar-refractivity contribution >= 4 is 15.7 Å². The minimum atomic E-state index is -3.51. The molecule has 0 amide bonds. The van der Waals surface area contributed by atoms with Crippen molar-refractivity contribution in [2.45, 2.75) is 24.7 Å². The summed E-state index contributed by atoms with van der Waals surface area (Å²) in [5, 5.41) is 0. The number of hydrogen-bond donors (Lipinski definition) is 2. The van der Waals surface area contributed by atoms with Gasteiger partial charge in [-0.1, -0.05) is 43.3 Å². The molecule has 0 spiro atoms. The van der Waals surface area contributed by atoms with Crippen molar-refractivity contribution in [1.82, 2.24) is 4.72 Å². The molecule has 0 atom stereocenters. The third-order valence-corrected chi connectivity index (χ3v) is 4.82. The Balaban J connectivity index is 2.03. The summed E-state index contributed by atoms with van der Waals surface area (Å²) in [6.07, 6.45) is 1.44. The summed E-state index contributed by atoms with van der Waals surface area (Å²) < 4.78 is 27.0. The number of rotatable bonds is 6. The van der Waals surface area contributed by atoms with Gasteiger partial charge in [0.15, 0.2) is 0 Å². The molecule has 5 heteroatoms. The van der Waals surface area contributed by atoms with Crippen LogP contribution in [-0.4, -0.2) is 15.0 Å². The molecule has 0 heterocycles. The smallest absolute Gasteiger partial charge is 0.240 e. The second-order valence-electron chi connectivity index (χ2n) is 4.85. The van der Waals surface area contributed by atoms with Gasteiger partial charge in [-0.2, -0.15) is 0 Å². The number of nitrogens with one attached hydrogen (secondary N) is 1. The summed E-state index contributed by atoms with van der Waals surface area (Å²) in [6, 6.07) is 14.6. The fourth-order valence-electron chi connectivity index (χ4n) is 2.12. The van der Waals surface area contributed by atoms with E-state index in [9.17, 15) is 8.42 Å². The van der Waals surface area contributed by atoms with E-state index in [2.05, 4.69) is 4.72 Å². The van der Waals surface area contributed by atoms with Crippen molar-refractivity contribution < 1.29 is 8.42 Å². The molecular formula is C16H20N2O2S. The Hall–Kier alpha value is -1.85. The average Bonchev–Trinajstić information content (AvgIpc) is 2.48. The monoisotopic (exact) mass is 304 g/mol. The molecule has 0 fully saturated rings. The van der Waals surface area contributed by atoms with Crippen molar-refractivity contribution in [2.24, 2.45) is 0 Å². The number of anilines is 1. The molecule has 2 aromatic rings. The van der Waals surface area contributed by atoms with E-state index < -0.39 is 10.0 Å². The zero-order chi connectivity index (χ0) is 15.3. The summed E-state index contributed by atoms with van der Waals surface area (Å²) in [6.45, 7) is 2.35. The maximum absolute atomic E-state index is 12.2. The first-order valence-corrected chi connectivity index (χ1v) is 8.43. The Morgan fingerprint density at radius 2 is 1.81 bits per heavy atom. The highest BCUT2D eigenvalue weighted by Gasteiger charge is 2.14. The molecule has 0 aromatic heterocycles. The van der Waals surface area contributed by atoms with Gasteiger partial charge in [-0.15, -0.1) is 0 Å². The predicted octanol–water partition coefficient (Wildman–Crippen LogP) is 2.35. The number of benzene rings is 2. The highest BCUT2D eigenvalue weighted by Crippen LogP contribution is 2.18. The maximum atomic E-state index is 12.2. The zero-order valence-electron chi connectivity index (χ0n) is 12.0. The Kier molecular flexibility index (Phi) is 4.98. The van der Waals surface area contributed by atoms with Crippen molar-refractivity contribution in [3.63, 3.8) is 0 Å². The van der Waals surface area contributed by atoms with Crippen molar-refractivity contribution in [2.75, 3.05) is 12.3 Å². The maximum Gasteiger partial charge on any atom is 0.240 e. The van der Waals surface area contributed by atoms with Gasteiger partial charge in [0, 0.05) is 12.2 Å². The molecule has 0 saturated carbocycles. The van der Waals surface area contributed by atoms with Crippen LogP contribution < -0.4 is 10.5 Å². The zero-order valence-corrected chi connectivity index (χ0v) is 12.9. The summed E-state index contributed by atoms with van der Waals surface area (Å²) in [4.78, 5) is 0.213. The molecular weight excluding hydrogens is 284 g/mol. The van der Waals surface area contributed by atoms with Gasteiger partial charge in [-0.05, 0) is 36.1 Å². The number of sulfonamides is 1. The van der Waals surface area contributed by atoms with Crippen molar-refractivity contribution in [3.05, 3.63) is 59.7 Å². The van der Waals surface area contributed by atoms with E-state index in [-0.39, 0.29) is 4.90 Å². The van der Waals surface area contributed by atoms with Crippen LogP contribution in [0.25, 0.3) is 0 Å². The Morgan fingerprint density at radius 3 is 2.43 bits per heavy atom. The highest BCUT2D eigenvalue weighted by atomic mass is 32.2. The SMILES string of the molecule is CCc1ccc(S(=O)(=O)NCCc2ccccc2)cc1N. The predicted molar refractivity (Wildman–Crippen MR) is 85.6 cm³/mol. The van der Waals surface area contributed by atoms with E-state index in [1.807, 2.05) is 37.3 Å². The van der Waals surface area contributed by atoms with Crippen LogP contribution in [0, 0.1) is 0 Å². The lowest BCUT2D eigenvalue weighted by atomic mass is 10.1. The fourth-order valence-corrected chi connectivity index (χ4v) is 3.19. The molecule has 0 unspecified atom stereocenters. The van der Waals surface area contributed by atoms with Crippen LogP contribution in [-0.2, 0) is 22.9 Å². The molecule has 0 radical (unpaired) electrons. The normalized spacial score (nSPS) is 11.5. The van der Waals surface area contributed by atoms with Gasteiger partial charge >= 0.3 is 0 Å². The quantitative estimate of drug-likeness (QED) is 0.805. The van der Waals surface area contributed by atoms with Crippen LogP contribution in [0.1, 0.15) is 18.1 Å². The summed E-state index contributed by atoms with van der Waals surface area (Å²) in [5.41, 5.74) is 8.43. The highest BCUT2D eigenvalue weighted by molar-refractivity contribution is 7.89. The minimum Gasteiger partial charge on any atom is -0.398 e. The fraction of sp³-hybridized carbons (Fsp3) is 0.250. The minimum absolute atomic E-state index is 0.213. The van der Waals surface area contributed by atoms with Crippen molar-refractivity contribution in [3.8, 4) is 0 Å². The van der Waals surface area contributed by atoms with Gasteiger partial charge in [-0.3, -0.25) is 0 Å². The third-order valence-electron chi connectivity index (χ3n) is 3.36. The van der Waals surface area contributed by atoms with Gasteiger partial charge in [0.1, 0.15) is 0 Å². The van der Waals surface area contributed by atoms with Crippen LogP contribution in [0.2, 0.25) is 0 Å². The first kappa shape index (κ1) is 15.5. The largest absolute Gasteiger partial charge is 0.398 e. The first-order chi connectivity index (χ1) is 10.0. The van der Waals surface area contributed by atoms with Crippen LogP contribution >= 0.6 is 0 Å². The molecule has 4 nitrogen and oxygen atoms in total. The Labute approximate surface area is 126 Å². The molecule has 2 aromatic carbocycles. The molecule has 0 aliphatic heterocycles. The molecule has 3 N–H and O–H groups in total. The van der Waals surface area contributed by atoms with Crippen molar-refractivity contribution in [1.29, 1.82) is 0 Å². The number of nitrogens with two attached hydrogens (primary N) is 1. The van der Waals surface area contributed by atoms with E-state index in [4.69, 9.17) is 5.73 Å². The number of aryl methyl sites for hydroxylation is 1. The van der Waals surface area contributed by atoms with Gasteiger partial charge in [0.05, 0.1) is 4.90 Å². The average molecular weight is 304 g/mol. The Morgan fingerprint density at radius 1 is 1.10 bits per heavy atom. The number of nitrogen functional groups attached to an aromatic ring is 1. The Bertz CT molecular complexity index is 697. The van der Waals surface area contributed by atoms with Crippen LogP contribution in [0.15, 0.2) is 53.4 Å². The number of hydrogen-bond acceptors (Lipinski definition) is 3. The molecule has 0 saturated heterocycles. The molecule has 21 heavy (non-hydrogen) atoms. The standard InChI is InChI=1S/C16H20N2O2S/c1-2-14-8-9-15(12-16(14)17)21(19,20)18-11-10-13-6-4-3-5-7-13/h3-9,12,18H,2,10-11,17H2,1H3. The van der Waals surface area contributed by atoms with Gasteiger partial charge in [-0.25, -0.2) is 13.1 Å². The molecule has 0 aliphatic carbocycles. The lowest BCUT2D eigenvalue weighted by Crippen LogP contribution is -2.26. The van der Waals surface area contributed by atoms with Crippen LogP contribution in [0.4, 0.5) is 5.69 Å². The molecule has 0 aliphatic rings. The van der Waals surface area contributed by atoms with Gasteiger partial charge < -0.3 is 5.73 Å². The molecule has 2 rings (SSSR count). The second-order valence-corrected chi connectivity index (χ2v) is 6.61. The second kappa shape index (κ2) is 6.74. The lowest BCUT2D eigenvalue weighted by Gasteiger charge is -2.09. The van der Waals surface area contributed by atoms with Gasteiger partial charge in [0.2, 0.25) is 10.0 Å². The van der Waals surface area contributed by atoms with E-state index >= 15 is 0 Å². The summed E-state index contributed by atoms with van der Waals surface area (Å²) >= 11 is 0.